The molecule has 0 aliphatic carbocycles. The average molecular weight is 201 g/mol. The number of fused-ring (bicyclic) bond motifs is 1. The van der Waals surface area contributed by atoms with E-state index in [1.54, 1.807) is 0 Å². The topological polar surface area (TPSA) is 33.1 Å². The van der Waals surface area contributed by atoms with Crippen LogP contribution in [-0.4, -0.2) is 10.1 Å². The van der Waals surface area contributed by atoms with Crippen LogP contribution in [0, 0.1) is 20.8 Å². The molecular formula is C13H15NO. The predicted octanol–water partition coefficient (Wildman–Crippen LogP) is 2.65. The third-order valence-corrected chi connectivity index (χ3v) is 2.68. The quantitative estimate of drug-likeness (QED) is 0.769. The van der Waals surface area contributed by atoms with E-state index in [0.717, 1.165) is 27.7 Å². The zero-order valence-corrected chi connectivity index (χ0v) is 9.33. The molecule has 2 aromatic rings. The van der Waals surface area contributed by atoms with Gasteiger partial charge in [0.25, 0.3) is 0 Å². The van der Waals surface area contributed by atoms with Crippen molar-refractivity contribution in [1.29, 1.82) is 0 Å². The second-order valence-electron chi connectivity index (χ2n) is 4.05. The molecule has 78 valence electrons. The zero-order chi connectivity index (χ0) is 11.0. The van der Waals surface area contributed by atoms with E-state index in [9.17, 15) is 0 Å². The summed E-state index contributed by atoms with van der Waals surface area (Å²) < 4.78 is 0. The van der Waals surface area contributed by atoms with Gasteiger partial charge in [-0.25, -0.2) is 0 Å². The highest BCUT2D eigenvalue weighted by Gasteiger charge is 2.05. The Morgan fingerprint density at radius 2 is 1.80 bits per heavy atom. The molecule has 1 aromatic heterocycles. The van der Waals surface area contributed by atoms with Crippen molar-refractivity contribution in [3.8, 4) is 0 Å². The molecule has 15 heavy (non-hydrogen) atoms. The van der Waals surface area contributed by atoms with Crippen molar-refractivity contribution in [2.75, 3.05) is 0 Å². The van der Waals surface area contributed by atoms with Crippen LogP contribution in [0.25, 0.3) is 10.9 Å². The van der Waals surface area contributed by atoms with Crippen molar-refractivity contribution in [1.82, 2.24) is 4.98 Å². The van der Waals surface area contributed by atoms with Crippen molar-refractivity contribution in [2.45, 2.75) is 27.4 Å². The molecule has 0 spiro atoms. The molecule has 0 aliphatic rings. The molecule has 0 amide bonds. The maximum atomic E-state index is 9.15. The van der Waals surface area contributed by atoms with Gasteiger partial charge in [0.1, 0.15) is 0 Å². The van der Waals surface area contributed by atoms with Gasteiger partial charge in [0.2, 0.25) is 0 Å². The van der Waals surface area contributed by atoms with Gasteiger partial charge in [-0.2, -0.15) is 0 Å². The molecule has 1 N–H and O–H groups in total. The summed E-state index contributed by atoms with van der Waals surface area (Å²) in [6, 6.07) is 6.08. The minimum atomic E-state index is 0.0874. The zero-order valence-electron chi connectivity index (χ0n) is 9.33. The van der Waals surface area contributed by atoms with Crippen LogP contribution in [0.4, 0.5) is 0 Å². The van der Waals surface area contributed by atoms with E-state index in [-0.39, 0.29) is 6.61 Å². The maximum Gasteiger partial charge on any atom is 0.0737 e. The second kappa shape index (κ2) is 3.63. The number of rotatable bonds is 1. The van der Waals surface area contributed by atoms with Crippen LogP contribution in [0.2, 0.25) is 0 Å². The Bertz CT molecular complexity index is 517. The lowest BCUT2D eigenvalue weighted by molar-refractivity contribution is 0.282. The minimum Gasteiger partial charge on any atom is -0.392 e. The standard InChI is InChI=1S/C13H15NO/c1-8-4-10(3)14-13-9(2)5-11(7-15)6-12(8)13/h4-6,15H,7H2,1-3H3. The third-order valence-electron chi connectivity index (χ3n) is 2.68. The van der Waals surface area contributed by atoms with Crippen LogP contribution in [0.3, 0.4) is 0 Å². The number of aryl methyl sites for hydroxylation is 3. The van der Waals surface area contributed by atoms with Crippen LogP contribution in [0.5, 0.6) is 0 Å². The van der Waals surface area contributed by atoms with Crippen molar-refractivity contribution in [3.05, 3.63) is 40.6 Å². The van der Waals surface area contributed by atoms with E-state index >= 15 is 0 Å². The first-order valence-electron chi connectivity index (χ1n) is 5.10. The molecule has 0 saturated heterocycles. The summed E-state index contributed by atoms with van der Waals surface area (Å²) >= 11 is 0. The summed E-state index contributed by atoms with van der Waals surface area (Å²) in [4.78, 5) is 4.53. The molecule has 2 nitrogen and oxygen atoms in total. The maximum absolute atomic E-state index is 9.15. The van der Waals surface area contributed by atoms with Gasteiger partial charge in [0.05, 0.1) is 12.1 Å². The lowest BCUT2D eigenvalue weighted by atomic mass is 10.0. The Balaban J connectivity index is 2.85. The molecule has 1 aromatic carbocycles. The van der Waals surface area contributed by atoms with E-state index in [1.807, 2.05) is 26.0 Å². The molecule has 0 saturated carbocycles. The second-order valence-corrected chi connectivity index (χ2v) is 4.05. The fourth-order valence-corrected chi connectivity index (χ4v) is 1.99. The van der Waals surface area contributed by atoms with Crippen LogP contribution in [-0.2, 0) is 6.61 Å². The van der Waals surface area contributed by atoms with Gasteiger partial charge in [-0.3, -0.25) is 4.98 Å². The van der Waals surface area contributed by atoms with Gasteiger partial charge >= 0.3 is 0 Å². The Hall–Kier alpha value is -1.41. The van der Waals surface area contributed by atoms with Crippen molar-refractivity contribution >= 4 is 10.9 Å². The Morgan fingerprint density at radius 1 is 1.07 bits per heavy atom. The Labute approximate surface area is 89.6 Å². The molecule has 0 bridgehead atoms. The summed E-state index contributed by atoms with van der Waals surface area (Å²) in [6.07, 6.45) is 0. The van der Waals surface area contributed by atoms with Gasteiger partial charge in [0.15, 0.2) is 0 Å². The fraction of sp³-hybridized carbons (Fsp3) is 0.308. The van der Waals surface area contributed by atoms with E-state index in [4.69, 9.17) is 5.11 Å². The van der Waals surface area contributed by atoms with E-state index < -0.39 is 0 Å². The van der Waals surface area contributed by atoms with Crippen LogP contribution >= 0.6 is 0 Å². The molecule has 2 heteroatoms. The van der Waals surface area contributed by atoms with E-state index in [2.05, 4.69) is 18.0 Å². The highest BCUT2D eigenvalue weighted by atomic mass is 16.3. The summed E-state index contributed by atoms with van der Waals surface area (Å²) in [5, 5.41) is 10.3. The number of benzene rings is 1. The number of nitrogens with zero attached hydrogens (tertiary/aromatic N) is 1. The highest BCUT2D eigenvalue weighted by molar-refractivity contribution is 5.85. The largest absolute Gasteiger partial charge is 0.392 e. The average Bonchev–Trinajstić information content (AvgIpc) is 2.19. The molecule has 2 rings (SSSR count). The number of hydrogen-bond acceptors (Lipinski definition) is 2. The monoisotopic (exact) mass is 201 g/mol. The molecule has 0 fully saturated rings. The highest BCUT2D eigenvalue weighted by Crippen LogP contribution is 2.22. The van der Waals surface area contributed by atoms with Crippen LogP contribution in [0.15, 0.2) is 18.2 Å². The molecule has 0 radical (unpaired) electrons. The first kappa shape index (κ1) is 10.1. The first-order valence-corrected chi connectivity index (χ1v) is 5.10. The summed E-state index contributed by atoms with van der Waals surface area (Å²) in [5.41, 5.74) is 5.39. The van der Waals surface area contributed by atoms with Gasteiger partial charge in [-0.15, -0.1) is 0 Å². The van der Waals surface area contributed by atoms with E-state index in [1.165, 1.54) is 5.56 Å². The van der Waals surface area contributed by atoms with Gasteiger partial charge < -0.3 is 5.11 Å². The first-order chi connectivity index (χ1) is 7.11. The van der Waals surface area contributed by atoms with Crippen molar-refractivity contribution in [3.63, 3.8) is 0 Å². The summed E-state index contributed by atoms with van der Waals surface area (Å²) in [5.74, 6) is 0. The fourth-order valence-electron chi connectivity index (χ4n) is 1.99. The van der Waals surface area contributed by atoms with E-state index in [0.29, 0.717) is 0 Å². The minimum absolute atomic E-state index is 0.0874. The normalized spacial score (nSPS) is 10.9. The molecule has 1 heterocycles. The smallest absolute Gasteiger partial charge is 0.0737 e. The van der Waals surface area contributed by atoms with Crippen LogP contribution in [0.1, 0.15) is 22.4 Å². The number of aromatic nitrogens is 1. The summed E-state index contributed by atoms with van der Waals surface area (Å²) in [6.45, 7) is 6.21. The Morgan fingerprint density at radius 3 is 2.47 bits per heavy atom. The van der Waals surface area contributed by atoms with Crippen molar-refractivity contribution in [2.24, 2.45) is 0 Å². The lowest BCUT2D eigenvalue weighted by Gasteiger charge is -2.08. The molecule has 0 unspecified atom stereocenters. The number of pyridine rings is 1. The number of hydrogen-bond donors (Lipinski definition) is 1. The van der Waals surface area contributed by atoms with Gasteiger partial charge in [-0.05, 0) is 49.6 Å². The third kappa shape index (κ3) is 1.73. The number of aliphatic hydroxyl groups is 1. The Kier molecular flexibility index (Phi) is 2.45. The summed E-state index contributed by atoms with van der Waals surface area (Å²) in [7, 11) is 0. The molecule has 0 atom stereocenters. The number of aliphatic hydroxyl groups excluding tert-OH is 1. The lowest BCUT2D eigenvalue weighted by Crippen LogP contribution is -1.93. The van der Waals surface area contributed by atoms with Gasteiger partial charge in [-0.1, -0.05) is 6.07 Å². The molecule has 0 aliphatic heterocycles. The van der Waals surface area contributed by atoms with Crippen molar-refractivity contribution < 1.29 is 5.11 Å². The van der Waals surface area contributed by atoms with Gasteiger partial charge in [0, 0.05) is 11.1 Å². The van der Waals surface area contributed by atoms with Crippen LogP contribution < -0.4 is 0 Å². The SMILES string of the molecule is Cc1cc(C)c2cc(CO)cc(C)c2n1. The molecular weight excluding hydrogens is 186 g/mol. The predicted molar refractivity (Wildman–Crippen MR) is 61.9 cm³/mol.